The van der Waals surface area contributed by atoms with Crippen molar-refractivity contribution in [3.63, 3.8) is 0 Å². The Morgan fingerprint density at radius 3 is 2.64 bits per heavy atom. The van der Waals surface area contributed by atoms with E-state index in [1.807, 2.05) is 0 Å². The number of anilines is 1. The maximum absolute atomic E-state index is 14.0. The highest BCUT2D eigenvalue weighted by Crippen LogP contribution is 2.28. The first-order valence-corrected chi connectivity index (χ1v) is 6.94. The van der Waals surface area contributed by atoms with E-state index in [4.69, 9.17) is 5.11 Å². The Labute approximate surface area is 125 Å². The summed E-state index contributed by atoms with van der Waals surface area (Å²) < 4.78 is 29.4. The van der Waals surface area contributed by atoms with Gasteiger partial charge in [-0.05, 0) is 0 Å². The fourth-order valence-corrected chi connectivity index (χ4v) is 2.44. The number of aromatic nitrogens is 5. The van der Waals surface area contributed by atoms with Crippen LogP contribution in [0.15, 0.2) is 12.5 Å². The first-order chi connectivity index (χ1) is 10.5. The summed E-state index contributed by atoms with van der Waals surface area (Å²) in [6, 6.07) is 0. The van der Waals surface area contributed by atoms with Crippen molar-refractivity contribution in [3.05, 3.63) is 18.3 Å². The molecule has 3 rings (SSSR count). The van der Waals surface area contributed by atoms with E-state index in [0.29, 0.717) is 24.9 Å². The predicted octanol–water partition coefficient (Wildman–Crippen LogP) is 0.712. The van der Waals surface area contributed by atoms with Gasteiger partial charge in [-0.2, -0.15) is 5.10 Å². The molecule has 2 aromatic heterocycles. The van der Waals surface area contributed by atoms with Crippen LogP contribution in [0.4, 0.5) is 14.7 Å². The molecule has 118 valence electrons. The smallest absolute Gasteiger partial charge is 0.226 e. The number of hydrogen-bond acceptors (Lipinski definition) is 6. The average molecular weight is 310 g/mol. The molecule has 1 saturated heterocycles. The summed E-state index contributed by atoms with van der Waals surface area (Å²) in [5, 5.41) is 12.9. The van der Waals surface area contributed by atoms with E-state index >= 15 is 0 Å². The predicted molar refractivity (Wildman–Crippen MR) is 74.4 cm³/mol. The number of aliphatic hydroxyl groups is 1. The molecule has 0 atom stereocenters. The number of alkyl halides is 1. The third-order valence-electron chi connectivity index (χ3n) is 3.88. The normalized spacial score (nSPS) is 17.7. The van der Waals surface area contributed by atoms with Crippen LogP contribution in [0, 0.1) is 5.82 Å². The highest BCUT2D eigenvalue weighted by atomic mass is 19.1. The van der Waals surface area contributed by atoms with E-state index < -0.39 is 18.1 Å². The summed E-state index contributed by atoms with van der Waals surface area (Å²) in [7, 11) is 1.64. The molecular weight excluding hydrogens is 294 g/mol. The molecule has 7 nitrogen and oxygen atoms in total. The van der Waals surface area contributed by atoms with Gasteiger partial charge in [0, 0.05) is 33.0 Å². The molecule has 0 saturated carbocycles. The lowest BCUT2D eigenvalue weighted by molar-refractivity contribution is 0.0479. The van der Waals surface area contributed by atoms with Crippen molar-refractivity contribution in [1.29, 1.82) is 0 Å². The molecule has 0 bridgehead atoms. The average Bonchev–Trinajstić information content (AvgIpc) is 2.95. The number of rotatable bonds is 3. The highest BCUT2D eigenvalue weighted by Gasteiger charge is 2.34. The first kappa shape index (κ1) is 14.8. The summed E-state index contributed by atoms with van der Waals surface area (Å²) in [6.07, 6.45) is 2.76. The van der Waals surface area contributed by atoms with Gasteiger partial charge in [-0.25, -0.2) is 28.4 Å². The number of aliphatic hydroxyl groups excluding tert-OH is 1. The Morgan fingerprint density at radius 1 is 1.32 bits per heavy atom. The van der Waals surface area contributed by atoms with Gasteiger partial charge in [0.25, 0.3) is 0 Å². The number of hydrogen-bond donors (Lipinski definition) is 1. The zero-order valence-electron chi connectivity index (χ0n) is 12.1. The van der Waals surface area contributed by atoms with Gasteiger partial charge in [0.05, 0.1) is 12.8 Å². The molecule has 0 amide bonds. The summed E-state index contributed by atoms with van der Waals surface area (Å²) in [4.78, 5) is 13.9. The van der Waals surface area contributed by atoms with Crippen molar-refractivity contribution in [2.75, 3.05) is 24.6 Å². The monoisotopic (exact) mass is 310 g/mol. The van der Waals surface area contributed by atoms with Gasteiger partial charge in [0.1, 0.15) is 17.7 Å². The Balaban J connectivity index is 1.86. The van der Waals surface area contributed by atoms with Crippen molar-refractivity contribution >= 4 is 5.95 Å². The molecular formula is C13H16F2N6O. The van der Waals surface area contributed by atoms with Crippen LogP contribution in [-0.4, -0.2) is 55.2 Å². The van der Waals surface area contributed by atoms with Crippen LogP contribution in [-0.2, 0) is 7.05 Å². The molecule has 1 N–H and O–H groups in total. The SMILES string of the molecule is Cn1ncnc1-c1nc(N2CCC(F)(CO)CC2)ncc1F. The molecule has 22 heavy (non-hydrogen) atoms. The molecule has 0 radical (unpaired) electrons. The lowest BCUT2D eigenvalue weighted by atomic mass is 9.94. The summed E-state index contributed by atoms with van der Waals surface area (Å²) in [5.74, 6) is 0.0276. The second-order valence-corrected chi connectivity index (χ2v) is 5.37. The minimum absolute atomic E-state index is 0.0595. The minimum Gasteiger partial charge on any atom is -0.393 e. The molecule has 1 fully saturated rings. The summed E-state index contributed by atoms with van der Waals surface area (Å²) >= 11 is 0. The van der Waals surface area contributed by atoms with Crippen LogP contribution in [0.2, 0.25) is 0 Å². The zero-order valence-corrected chi connectivity index (χ0v) is 12.1. The lowest BCUT2D eigenvalue weighted by Gasteiger charge is -2.35. The number of piperidine rings is 1. The Bertz CT molecular complexity index is 668. The fourth-order valence-electron chi connectivity index (χ4n) is 2.44. The van der Waals surface area contributed by atoms with Crippen molar-refractivity contribution in [1.82, 2.24) is 24.7 Å². The van der Waals surface area contributed by atoms with Crippen LogP contribution < -0.4 is 4.90 Å². The van der Waals surface area contributed by atoms with Gasteiger partial charge < -0.3 is 10.0 Å². The van der Waals surface area contributed by atoms with Crippen molar-refractivity contribution in [3.8, 4) is 11.5 Å². The largest absolute Gasteiger partial charge is 0.393 e. The van der Waals surface area contributed by atoms with Crippen LogP contribution in [0.25, 0.3) is 11.5 Å². The van der Waals surface area contributed by atoms with Gasteiger partial charge in [-0.1, -0.05) is 0 Å². The topological polar surface area (TPSA) is 80.0 Å². The van der Waals surface area contributed by atoms with Crippen LogP contribution in [0.3, 0.4) is 0 Å². The summed E-state index contributed by atoms with van der Waals surface area (Å²) in [5.41, 5.74) is -1.49. The first-order valence-electron chi connectivity index (χ1n) is 6.94. The van der Waals surface area contributed by atoms with E-state index in [0.717, 1.165) is 6.20 Å². The van der Waals surface area contributed by atoms with Gasteiger partial charge in [0.15, 0.2) is 11.6 Å². The third kappa shape index (κ3) is 2.63. The molecule has 0 aliphatic carbocycles. The zero-order chi connectivity index (χ0) is 15.7. The van der Waals surface area contributed by atoms with E-state index in [1.165, 1.54) is 11.0 Å². The fraction of sp³-hybridized carbons (Fsp3) is 0.538. The van der Waals surface area contributed by atoms with E-state index in [2.05, 4.69) is 20.1 Å². The van der Waals surface area contributed by atoms with Crippen molar-refractivity contribution in [2.45, 2.75) is 18.5 Å². The van der Waals surface area contributed by atoms with Gasteiger partial charge in [-0.15, -0.1) is 0 Å². The van der Waals surface area contributed by atoms with Crippen molar-refractivity contribution in [2.24, 2.45) is 7.05 Å². The standard InChI is InChI=1S/C13H16F2N6O/c1-20-11(17-8-18-20)10-9(14)6-16-12(19-10)21-4-2-13(15,7-22)3-5-21/h6,8,22H,2-5,7H2,1H3. The van der Waals surface area contributed by atoms with Gasteiger partial charge in [0.2, 0.25) is 5.95 Å². The molecule has 2 aromatic rings. The molecule has 1 aliphatic heterocycles. The summed E-state index contributed by atoms with van der Waals surface area (Å²) in [6.45, 7) is 0.233. The van der Waals surface area contributed by atoms with Crippen LogP contribution in [0.5, 0.6) is 0 Å². The Morgan fingerprint density at radius 2 is 2.05 bits per heavy atom. The quantitative estimate of drug-likeness (QED) is 0.899. The second kappa shape index (κ2) is 5.56. The lowest BCUT2D eigenvalue weighted by Crippen LogP contribution is -2.44. The van der Waals surface area contributed by atoms with Crippen LogP contribution >= 0.6 is 0 Å². The van der Waals surface area contributed by atoms with E-state index in [-0.39, 0.29) is 18.5 Å². The second-order valence-electron chi connectivity index (χ2n) is 5.37. The van der Waals surface area contributed by atoms with Gasteiger partial charge in [-0.3, -0.25) is 0 Å². The molecule has 9 heteroatoms. The molecule has 0 aromatic carbocycles. The number of aryl methyl sites for hydroxylation is 1. The Hall–Kier alpha value is -2.16. The maximum Gasteiger partial charge on any atom is 0.226 e. The number of nitrogens with zero attached hydrogens (tertiary/aromatic N) is 6. The number of halogens is 2. The third-order valence-corrected chi connectivity index (χ3v) is 3.88. The molecule has 3 heterocycles. The maximum atomic E-state index is 14.0. The van der Waals surface area contributed by atoms with E-state index in [9.17, 15) is 8.78 Å². The Kier molecular flexibility index (Phi) is 3.73. The van der Waals surface area contributed by atoms with Gasteiger partial charge >= 0.3 is 0 Å². The highest BCUT2D eigenvalue weighted by molar-refractivity contribution is 5.52. The minimum atomic E-state index is -1.55. The molecule has 0 unspecified atom stereocenters. The molecule has 1 aliphatic rings. The van der Waals surface area contributed by atoms with Crippen molar-refractivity contribution < 1.29 is 13.9 Å². The molecule has 0 spiro atoms. The van der Waals surface area contributed by atoms with E-state index in [1.54, 1.807) is 11.9 Å². The van der Waals surface area contributed by atoms with Crippen LogP contribution in [0.1, 0.15) is 12.8 Å².